The van der Waals surface area contributed by atoms with E-state index in [4.69, 9.17) is 38.1 Å². The lowest BCUT2D eigenvalue weighted by Gasteiger charge is -2.20. The Bertz CT molecular complexity index is 1390. The third kappa shape index (κ3) is 12.0. The number of ether oxygens (including phenoxy) is 2. The van der Waals surface area contributed by atoms with Gasteiger partial charge in [-0.15, -0.1) is 0 Å². The summed E-state index contributed by atoms with van der Waals surface area (Å²) in [6.45, 7) is 0.574. The van der Waals surface area contributed by atoms with Crippen LogP contribution in [0.2, 0.25) is 0 Å². The van der Waals surface area contributed by atoms with E-state index in [0.717, 1.165) is 5.75 Å². The lowest BCUT2D eigenvalue weighted by Crippen LogP contribution is -2.49. The number of guanidine groups is 2. The number of nitrogens with two attached hydrogens (primary N) is 5. The second-order valence-electron chi connectivity index (χ2n) is 9.77. The first-order valence-electron chi connectivity index (χ1n) is 13.5. The maximum Gasteiger partial charge on any atom is 0.334 e. The number of thioether (sulfide) groups is 1. The molecule has 43 heavy (non-hydrogen) atoms. The van der Waals surface area contributed by atoms with Gasteiger partial charge in [0.1, 0.15) is 23.3 Å². The molecule has 2 aromatic carbocycles. The van der Waals surface area contributed by atoms with Crippen molar-refractivity contribution in [3.05, 3.63) is 48.5 Å². The summed E-state index contributed by atoms with van der Waals surface area (Å²) in [5, 5.41) is 2.82. The van der Waals surface area contributed by atoms with Crippen LogP contribution in [0.5, 0.6) is 17.2 Å². The Morgan fingerprint density at radius 1 is 0.884 bits per heavy atom. The minimum absolute atomic E-state index is 0.0498. The zero-order valence-corrected chi connectivity index (χ0v) is 25.2. The number of hydrogen-bond donors (Lipinski definition) is 6. The van der Waals surface area contributed by atoms with Gasteiger partial charge in [-0.25, -0.2) is 13.2 Å². The van der Waals surface area contributed by atoms with E-state index in [9.17, 15) is 18.0 Å². The monoisotopic (exact) mass is 634 g/mol. The van der Waals surface area contributed by atoms with Gasteiger partial charge in [0, 0.05) is 24.1 Å². The Kier molecular flexibility index (Phi) is 12.5. The maximum absolute atomic E-state index is 13.0. The highest BCUT2D eigenvalue weighted by Gasteiger charge is 2.30. The summed E-state index contributed by atoms with van der Waals surface area (Å²) < 4.78 is 36.2. The number of nitrogens with one attached hydrogen (secondary N) is 1. The number of nitrogens with zero attached hydrogens (tertiary/aromatic N) is 2. The molecule has 1 heterocycles. The first kappa shape index (κ1) is 33.5. The van der Waals surface area contributed by atoms with E-state index < -0.39 is 33.8 Å². The molecule has 1 amide bonds. The van der Waals surface area contributed by atoms with Crippen molar-refractivity contribution in [1.29, 1.82) is 0 Å². The molecule has 16 heteroatoms. The molecule has 0 bridgehead atoms. The van der Waals surface area contributed by atoms with Crippen molar-refractivity contribution < 1.29 is 27.5 Å². The Morgan fingerprint density at radius 2 is 1.40 bits per heavy atom. The first-order chi connectivity index (χ1) is 20.4. The Labute approximate surface area is 254 Å². The van der Waals surface area contributed by atoms with Crippen LogP contribution in [0, 0.1) is 0 Å². The SMILES string of the molecule is NC(N)=NCCCC(N)C(=O)NC(CCCN=C(N)N)C(=O)Oc1ccc(Oc2ccc(S(=O)(=O)CC3CS3)cc2)cc1. The average Bonchev–Trinajstić information content (AvgIpc) is 3.77. The number of esters is 1. The van der Waals surface area contributed by atoms with Crippen LogP contribution in [-0.4, -0.2) is 74.1 Å². The van der Waals surface area contributed by atoms with Crippen molar-refractivity contribution >= 4 is 45.4 Å². The zero-order valence-electron chi connectivity index (χ0n) is 23.6. The number of benzene rings is 2. The van der Waals surface area contributed by atoms with E-state index >= 15 is 0 Å². The summed E-state index contributed by atoms with van der Waals surface area (Å²) in [7, 11) is -3.33. The highest BCUT2D eigenvalue weighted by Crippen LogP contribution is 2.33. The van der Waals surface area contributed by atoms with Gasteiger partial charge in [-0.3, -0.25) is 14.8 Å². The molecule has 0 saturated carbocycles. The highest BCUT2D eigenvalue weighted by molar-refractivity contribution is 8.08. The number of rotatable bonds is 17. The van der Waals surface area contributed by atoms with Crippen molar-refractivity contribution in [3.8, 4) is 17.2 Å². The van der Waals surface area contributed by atoms with Gasteiger partial charge in [-0.1, -0.05) is 0 Å². The first-order valence-corrected chi connectivity index (χ1v) is 16.2. The quantitative estimate of drug-likeness (QED) is 0.0341. The van der Waals surface area contributed by atoms with E-state index in [0.29, 0.717) is 37.3 Å². The highest BCUT2D eigenvalue weighted by atomic mass is 32.2. The van der Waals surface area contributed by atoms with Gasteiger partial charge >= 0.3 is 5.97 Å². The Hall–Kier alpha value is -4.02. The Morgan fingerprint density at radius 3 is 1.93 bits per heavy atom. The topological polar surface area (TPSA) is 254 Å². The van der Waals surface area contributed by atoms with Crippen LogP contribution in [0.3, 0.4) is 0 Å². The van der Waals surface area contributed by atoms with Gasteiger partial charge in [-0.2, -0.15) is 11.8 Å². The summed E-state index contributed by atoms with van der Waals surface area (Å²) >= 11 is 1.63. The van der Waals surface area contributed by atoms with Crippen molar-refractivity contribution in [3.63, 3.8) is 0 Å². The van der Waals surface area contributed by atoms with Gasteiger partial charge in [0.05, 0.1) is 16.7 Å². The molecule has 3 rings (SSSR count). The zero-order chi connectivity index (χ0) is 31.4. The molecule has 14 nitrogen and oxygen atoms in total. The number of carbonyl (C=O) groups excluding carboxylic acids is 2. The number of sulfone groups is 1. The van der Waals surface area contributed by atoms with E-state index in [1.165, 1.54) is 24.3 Å². The van der Waals surface area contributed by atoms with Crippen molar-refractivity contribution in [2.45, 2.75) is 47.9 Å². The molecular formula is C27H38N8O6S2. The molecule has 0 spiro atoms. The summed E-state index contributed by atoms with van der Waals surface area (Å²) in [4.78, 5) is 33.7. The smallest absolute Gasteiger partial charge is 0.334 e. The molecule has 0 aromatic heterocycles. The number of carbonyl (C=O) groups is 2. The summed E-state index contributed by atoms with van der Waals surface area (Å²) in [5.41, 5.74) is 27.3. The average molecular weight is 635 g/mol. The molecule has 3 atom stereocenters. The predicted molar refractivity (Wildman–Crippen MR) is 167 cm³/mol. The molecule has 234 valence electrons. The Balaban J connectivity index is 1.57. The lowest BCUT2D eigenvalue weighted by atomic mass is 10.1. The van der Waals surface area contributed by atoms with E-state index in [-0.39, 0.29) is 46.5 Å². The van der Waals surface area contributed by atoms with Crippen LogP contribution >= 0.6 is 11.8 Å². The van der Waals surface area contributed by atoms with Crippen LogP contribution in [0.1, 0.15) is 25.7 Å². The molecule has 1 aliphatic rings. The van der Waals surface area contributed by atoms with Crippen LogP contribution in [0.4, 0.5) is 0 Å². The molecular weight excluding hydrogens is 596 g/mol. The number of aliphatic imine (C=N–C) groups is 2. The summed E-state index contributed by atoms with van der Waals surface area (Å²) in [6.07, 6.45) is 1.37. The molecule has 3 unspecified atom stereocenters. The molecule has 0 aliphatic carbocycles. The van der Waals surface area contributed by atoms with Crippen LogP contribution in [-0.2, 0) is 19.4 Å². The van der Waals surface area contributed by atoms with Crippen molar-refractivity contribution in [2.75, 3.05) is 24.6 Å². The molecule has 1 saturated heterocycles. The number of amides is 1. The van der Waals surface area contributed by atoms with Gasteiger partial charge < -0.3 is 43.5 Å². The van der Waals surface area contributed by atoms with Gasteiger partial charge in [-0.05, 0) is 74.2 Å². The minimum atomic E-state index is -3.33. The van der Waals surface area contributed by atoms with Gasteiger partial charge in [0.2, 0.25) is 5.91 Å². The molecule has 11 N–H and O–H groups in total. The fourth-order valence-corrected chi connectivity index (χ4v) is 6.48. The standard InChI is InChI=1S/C27H38N8O6S2/c28-22(3-1-13-33-26(29)30)24(36)35-23(4-2-14-34-27(31)32)25(37)41-19-7-5-17(6-8-19)40-18-9-11-21(12-10-18)43(38,39)16-20-15-42-20/h5-12,20,22-23H,1-4,13-16,28H2,(H,35,36)(H4,29,30,33)(H4,31,32,34). The van der Waals surface area contributed by atoms with E-state index in [1.807, 2.05) is 0 Å². The van der Waals surface area contributed by atoms with E-state index in [2.05, 4.69) is 15.3 Å². The van der Waals surface area contributed by atoms with Gasteiger partial charge in [0.15, 0.2) is 21.8 Å². The fraction of sp³-hybridized carbons (Fsp3) is 0.407. The third-order valence-electron chi connectivity index (χ3n) is 6.12. The second kappa shape index (κ2) is 16.0. The van der Waals surface area contributed by atoms with Crippen molar-refractivity contribution in [2.24, 2.45) is 38.7 Å². The maximum atomic E-state index is 13.0. The van der Waals surface area contributed by atoms with Gasteiger partial charge in [0.25, 0.3) is 0 Å². The van der Waals surface area contributed by atoms with Crippen LogP contribution < -0.4 is 43.5 Å². The minimum Gasteiger partial charge on any atom is -0.457 e. The third-order valence-corrected chi connectivity index (χ3v) is 9.13. The molecule has 1 aliphatic heterocycles. The molecule has 1 fully saturated rings. The van der Waals surface area contributed by atoms with Crippen molar-refractivity contribution in [1.82, 2.24) is 5.32 Å². The fourth-order valence-electron chi connectivity index (χ4n) is 3.80. The number of hydrogen-bond acceptors (Lipinski definition) is 10. The van der Waals surface area contributed by atoms with Crippen LogP contribution in [0.25, 0.3) is 0 Å². The second-order valence-corrected chi connectivity index (χ2v) is 13.1. The van der Waals surface area contributed by atoms with Crippen LogP contribution in [0.15, 0.2) is 63.4 Å². The predicted octanol–water partition coefficient (Wildman–Crippen LogP) is 0.193. The van der Waals surface area contributed by atoms with E-state index in [1.54, 1.807) is 36.0 Å². The largest absolute Gasteiger partial charge is 0.457 e. The lowest BCUT2D eigenvalue weighted by molar-refractivity contribution is -0.139. The summed E-state index contributed by atoms with van der Waals surface area (Å²) in [5.74, 6) is 0.767. The normalized spacial score (nSPS) is 15.4. The summed E-state index contributed by atoms with van der Waals surface area (Å²) in [6, 6.07) is 10.6. The molecule has 2 aromatic rings. The molecule has 0 radical (unpaired) electrons.